The number of rotatable bonds is 4. The Kier molecular flexibility index (Phi) is 4.11. The molecular weight excluding hydrogens is 142 g/mol. The van der Waals surface area contributed by atoms with Crippen LogP contribution in [0.15, 0.2) is 0 Å². The molecule has 0 atom stereocenters. The van der Waals surface area contributed by atoms with Crippen molar-refractivity contribution in [3.8, 4) is 0 Å². The van der Waals surface area contributed by atoms with Crippen molar-refractivity contribution in [1.82, 2.24) is 0 Å². The summed E-state index contributed by atoms with van der Waals surface area (Å²) in [5.74, 6) is -0.209. The van der Waals surface area contributed by atoms with E-state index in [2.05, 4.69) is 0 Å². The van der Waals surface area contributed by atoms with Gasteiger partial charge in [0.15, 0.2) is 0 Å². The van der Waals surface area contributed by atoms with Crippen LogP contribution in [0.25, 0.3) is 0 Å². The van der Waals surface area contributed by atoms with Gasteiger partial charge < -0.3 is 10.5 Å². The minimum Gasteiger partial charge on any atom is -0.460 e. The van der Waals surface area contributed by atoms with Crippen LogP contribution in [0, 0.1) is 0 Å². The van der Waals surface area contributed by atoms with E-state index >= 15 is 0 Å². The first-order valence-electron chi connectivity index (χ1n) is 3.93. The molecule has 0 rings (SSSR count). The molecule has 0 amide bonds. The van der Waals surface area contributed by atoms with Gasteiger partial charge in [-0.1, -0.05) is 6.92 Å². The average molecular weight is 159 g/mol. The van der Waals surface area contributed by atoms with Gasteiger partial charge in [0, 0.05) is 6.54 Å². The van der Waals surface area contributed by atoms with Crippen LogP contribution >= 0.6 is 0 Å². The van der Waals surface area contributed by atoms with Gasteiger partial charge in [0.25, 0.3) is 0 Å². The van der Waals surface area contributed by atoms with E-state index in [0.717, 1.165) is 6.42 Å². The van der Waals surface area contributed by atoms with Gasteiger partial charge in [-0.15, -0.1) is 0 Å². The average Bonchev–Trinajstić information content (AvgIpc) is 1.87. The van der Waals surface area contributed by atoms with Crippen LogP contribution in [0.2, 0.25) is 0 Å². The third kappa shape index (κ3) is 4.79. The number of carbonyl (C=O) groups excluding carboxylic acids is 1. The number of hydrogen-bond donors (Lipinski definition) is 1. The summed E-state index contributed by atoms with van der Waals surface area (Å²) in [5.41, 5.74) is 4.85. The molecule has 0 aliphatic carbocycles. The zero-order valence-electron chi connectivity index (χ0n) is 7.52. The monoisotopic (exact) mass is 159 g/mol. The summed E-state index contributed by atoms with van der Waals surface area (Å²) in [6.07, 6.45) is 1.13. The topological polar surface area (TPSA) is 52.3 Å². The largest absolute Gasteiger partial charge is 0.460 e. The lowest BCUT2D eigenvalue weighted by atomic mass is 10.1. The van der Waals surface area contributed by atoms with Crippen molar-refractivity contribution < 1.29 is 9.53 Å². The number of nitrogens with two attached hydrogens (primary N) is 1. The van der Waals surface area contributed by atoms with Crippen molar-refractivity contribution in [1.29, 1.82) is 0 Å². The molecule has 0 aromatic carbocycles. The van der Waals surface area contributed by atoms with E-state index < -0.39 is 0 Å². The van der Waals surface area contributed by atoms with E-state index in [0.29, 0.717) is 13.0 Å². The predicted molar refractivity (Wildman–Crippen MR) is 44.1 cm³/mol. The van der Waals surface area contributed by atoms with Gasteiger partial charge in [-0.2, -0.15) is 0 Å². The first-order valence-corrected chi connectivity index (χ1v) is 3.93. The normalized spacial score (nSPS) is 11.3. The quantitative estimate of drug-likeness (QED) is 0.624. The molecule has 0 unspecified atom stereocenters. The molecule has 2 N–H and O–H groups in total. The van der Waals surface area contributed by atoms with Crippen molar-refractivity contribution >= 4 is 5.97 Å². The zero-order chi connectivity index (χ0) is 8.91. The molecule has 0 fully saturated rings. The molecule has 11 heavy (non-hydrogen) atoms. The Bertz CT molecular complexity index is 132. The standard InChI is InChI=1S/C8H17NO2/c1-4-8(2,3)11-7(10)5-6-9/h4-6,9H2,1-3H3. The minimum atomic E-state index is -0.341. The van der Waals surface area contributed by atoms with E-state index in [1.807, 2.05) is 20.8 Å². The lowest BCUT2D eigenvalue weighted by Gasteiger charge is -2.22. The fourth-order valence-electron chi connectivity index (χ4n) is 0.549. The Morgan fingerprint density at radius 2 is 2.09 bits per heavy atom. The molecule has 0 aromatic rings. The fraction of sp³-hybridized carbons (Fsp3) is 0.875. The maximum Gasteiger partial charge on any atom is 0.307 e. The van der Waals surface area contributed by atoms with Crippen LogP contribution in [0.3, 0.4) is 0 Å². The van der Waals surface area contributed by atoms with E-state index in [-0.39, 0.29) is 11.6 Å². The van der Waals surface area contributed by atoms with Gasteiger partial charge in [0.05, 0.1) is 6.42 Å². The van der Waals surface area contributed by atoms with Crippen molar-refractivity contribution in [2.75, 3.05) is 6.54 Å². The van der Waals surface area contributed by atoms with Gasteiger partial charge in [-0.25, -0.2) is 0 Å². The molecule has 3 heteroatoms. The molecule has 0 saturated heterocycles. The molecular formula is C8H17NO2. The SMILES string of the molecule is CCC(C)(C)OC(=O)CCN. The summed E-state index contributed by atoms with van der Waals surface area (Å²) < 4.78 is 5.11. The highest BCUT2D eigenvalue weighted by Crippen LogP contribution is 2.13. The fourth-order valence-corrected chi connectivity index (χ4v) is 0.549. The van der Waals surface area contributed by atoms with Gasteiger partial charge in [-0.05, 0) is 20.3 Å². The molecule has 0 heterocycles. The Morgan fingerprint density at radius 1 is 1.55 bits per heavy atom. The molecule has 66 valence electrons. The van der Waals surface area contributed by atoms with E-state index in [9.17, 15) is 4.79 Å². The summed E-state index contributed by atoms with van der Waals surface area (Å²) in [7, 11) is 0. The van der Waals surface area contributed by atoms with Crippen molar-refractivity contribution in [3.63, 3.8) is 0 Å². The van der Waals surface area contributed by atoms with E-state index in [1.54, 1.807) is 0 Å². The Hall–Kier alpha value is -0.570. The first kappa shape index (κ1) is 10.4. The lowest BCUT2D eigenvalue weighted by molar-refractivity contribution is -0.156. The third-order valence-electron chi connectivity index (χ3n) is 1.59. The third-order valence-corrected chi connectivity index (χ3v) is 1.59. The maximum atomic E-state index is 10.9. The molecule has 0 bridgehead atoms. The van der Waals surface area contributed by atoms with Gasteiger partial charge in [0.1, 0.15) is 5.60 Å². The molecule has 0 spiro atoms. The van der Waals surface area contributed by atoms with Crippen LogP contribution in [0.5, 0.6) is 0 Å². The number of ether oxygens (including phenoxy) is 1. The van der Waals surface area contributed by atoms with Crippen molar-refractivity contribution in [3.05, 3.63) is 0 Å². The second-order valence-corrected chi connectivity index (χ2v) is 3.13. The summed E-state index contributed by atoms with van der Waals surface area (Å²) >= 11 is 0. The van der Waals surface area contributed by atoms with Crippen LogP contribution in [-0.4, -0.2) is 18.1 Å². The number of hydrogen-bond acceptors (Lipinski definition) is 3. The number of carbonyl (C=O) groups is 1. The molecule has 0 aromatic heterocycles. The van der Waals surface area contributed by atoms with Crippen molar-refractivity contribution in [2.24, 2.45) is 5.73 Å². The predicted octanol–water partition coefficient (Wildman–Crippen LogP) is 1.07. The molecule has 0 radical (unpaired) electrons. The van der Waals surface area contributed by atoms with Gasteiger partial charge in [0.2, 0.25) is 0 Å². The second kappa shape index (κ2) is 4.34. The lowest BCUT2D eigenvalue weighted by Crippen LogP contribution is -2.27. The summed E-state index contributed by atoms with van der Waals surface area (Å²) in [6, 6.07) is 0. The molecule has 0 aliphatic heterocycles. The highest BCUT2D eigenvalue weighted by atomic mass is 16.6. The zero-order valence-corrected chi connectivity index (χ0v) is 7.52. The van der Waals surface area contributed by atoms with Crippen LogP contribution in [0.4, 0.5) is 0 Å². The van der Waals surface area contributed by atoms with Crippen LogP contribution in [-0.2, 0) is 9.53 Å². The summed E-state index contributed by atoms with van der Waals surface area (Å²) in [5, 5.41) is 0. The van der Waals surface area contributed by atoms with Gasteiger partial charge in [-0.3, -0.25) is 4.79 Å². The number of esters is 1. The second-order valence-electron chi connectivity index (χ2n) is 3.13. The Labute approximate surface area is 67.9 Å². The first-order chi connectivity index (χ1) is 5.02. The summed E-state index contributed by atoms with van der Waals surface area (Å²) in [6.45, 7) is 6.12. The van der Waals surface area contributed by atoms with Crippen LogP contribution in [0.1, 0.15) is 33.6 Å². The van der Waals surface area contributed by atoms with Gasteiger partial charge >= 0.3 is 5.97 Å². The molecule has 0 saturated carbocycles. The smallest absolute Gasteiger partial charge is 0.307 e. The van der Waals surface area contributed by atoms with E-state index in [4.69, 9.17) is 10.5 Å². The van der Waals surface area contributed by atoms with Crippen molar-refractivity contribution in [2.45, 2.75) is 39.2 Å². The molecule has 3 nitrogen and oxygen atoms in total. The Morgan fingerprint density at radius 3 is 2.45 bits per heavy atom. The van der Waals surface area contributed by atoms with E-state index in [1.165, 1.54) is 0 Å². The summed E-state index contributed by atoms with van der Waals surface area (Å²) in [4.78, 5) is 10.9. The maximum absolute atomic E-state index is 10.9. The molecule has 0 aliphatic rings. The highest BCUT2D eigenvalue weighted by molar-refractivity contribution is 5.70. The minimum absolute atomic E-state index is 0.209. The Balaban J connectivity index is 3.74. The highest BCUT2D eigenvalue weighted by Gasteiger charge is 2.19. The van der Waals surface area contributed by atoms with Crippen LogP contribution < -0.4 is 5.73 Å².